The molecule has 5 N–H and O–H groups in total. The number of carboxylic acid groups (broad SMARTS) is 1. The van der Waals surface area contributed by atoms with Gasteiger partial charge in [0.1, 0.15) is 6.04 Å². The average Bonchev–Trinajstić information content (AvgIpc) is 2.89. The van der Waals surface area contributed by atoms with Crippen LogP contribution in [0.25, 0.3) is 0 Å². The summed E-state index contributed by atoms with van der Waals surface area (Å²) in [5, 5.41) is 11.4. The van der Waals surface area contributed by atoms with E-state index in [1.54, 1.807) is 0 Å². The van der Waals surface area contributed by atoms with E-state index in [0.29, 0.717) is 19.3 Å². The first kappa shape index (κ1) is 20.3. The third-order valence-electron chi connectivity index (χ3n) is 3.64. The molecule has 0 aromatic rings. The Bertz CT molecular complexity index is 556. The smallest absolute Gasteiger partial charge is 0.326 e. The Labute approximate surface area is 144 Å². The standard InChI is InChI=1S/C15H22N4O6/c16-18-12(21)6-5-10(15(24)25)17-11(20)4-2-1-3-9-19-13(22)7-8-14(19)23/h7-8,10H,1-6,9,16H2,(H,17,20)(H,18,21)(H,24,25). The molecular formula is C15H22N4O6. The summed E-state index contributed by atoms with van der Waals surface area (Å²) in [6, 6.07) is -1.16. The van der Waals surface area contributed by atoms with Crippen molar-refractivity contribution in [2.45, 2.75) is 44.6 Å². The molecule has 1 rings (SSSR count). The van der Waals surface area contributed by atoms with Crippen molar-refractivity contribution < 1.29 is 29.1 Å². The van der Waals surface area contributed by atoms with Gasteiger partial charge in [-0.25, -0.2) is 10.6 Å². The Morgan fingerprint density at radius 1 is 1.04 bits per heavy atom. The topological polar surface area (TPSA) is 159 Å². The van der Waals surface area contributed by atoms with Crippen molar-refractivity contribution in [3.8, 4) is 0 Å². The number of nitrogens with zero attached hydrogens (tertiary/aromatic N) is 1. The minimum Gasteiger partial charge on any atom is -0.480 e. The van der Waals surface area contributed by atoms with Crippen molar-refractivity contribution in [3.63, 3.8) is 0 Å². The number of rotatable bonds is 11. The largest absolute Gasteiger partial charge is 0.480 e. The van der Waals surface area contributed by atoms with Crippen molar-refractivity contribution in [2.24, 2.45) is 5.84 Å². The zero-order valence-corrected chi connectivity index (χ0v) is 13.7. The monoisotopic (exact) mass is 354 g/mol. The number of amides is 4. The molecule has 0 bridgehead atoms. The van der Waals surface area contributed by atoms with Gasteiger partial charge in [0, 0.05) is 31.5 Å². The maximum absolute atomic E-state index is 11.8. The van der Waals surface area contributed by atoms with Gasteiger partial charge in [-0.05, 0) is 19.3 Å². The lowest BCUT2D eigenvalue weighted by Crippen LogP contribution is -2.42. The van der Waals surface area contributed by atoms with E-state index in [2.05, 4.69) is 5.32 Å². The Morgan fingerprint density at radius 2 is 1.68 bits per heavy atom. The normalized spacial score (nSPS) is 14.5. The van der Waals surface area contributed by atoms with Crippen LogP contribution in [0.15, 0.2) is 12.2 Å². The second kappa shape index (κ2) is 10.2. The number of carboxylic acids is 1. The fourth-order valence-corrected chi connectivity index (χ4v) is 2.26. The van der Waals surface area contributed by atoms with Crippen LogP contribution in [0.3, 0.4) is 0 Å². The minimum absolute atomic E-state index is 0.0592. The lowest BCUT2D eigenvalue weighted by Gasteiger charge is -2.15. The van der Waals surface area contributed by atoms with E-state index in [4.69, 9.17) is 10.9 Å². The van der Waals surface area contributed by atoms with Gasteiger partial charge in [-0.1, -0.05) is 6.42 Å². The van der Waals surface area contributed by atoms with Crippen molar-refractivity contribution in [2.75, 3.05) is 6.54 Å². The molecule has 1 atom stereocenters. The summed E-state index contributed by atoms with van der Waals surface area (Å²) in [6.45, 7) is 0.290. The fourth-order valence-electron chi connectivity index (χ4n) is 2.26. The average molecular weight is 354 g/mol. The van der Waals surface area contributed by atoms with Gasteiger partial charge in [0.15, 0.2) is 0 Å². The number of aliphatic carboxylic acids is 1. The van der Waals surface area contributed by atoms with Gasteiger partial charge in [0.2, 0.25) is 11.8 Å². The molecule has 0 saturated carbocycles. The highest BCUT2D eigenvalue weighted by Crippen LogP contribution is 2.08. The molecular weight excluding hydrogens is 332 g/mol. The van der Waals surface area contributed by atoms with Crippen LogP contribution in [0.5, 0.6) is 0 Å². The van der Waals surface area contributed by atoms with Gasteiger partial charge in [0.25, 0.3) is 11.8 Å². The summed E-state index contributed by atoms with van der Waals surface area (Å²) in [6.07, 6.45) is 4.04. The van der Waals surface area contributed by atoms with Crippen molar-refractivity contribution >= 4 is 29.6 Å². The van der Waals surface area contributed by atoms with Crippen LogP contribution < -0.4 is 16.6 Å². The number of hydrazine groups is 1. The number of hydrogen-bond acceptors (Lipinski definition) is 6. The third-order valence-corrected chi connectivity index (χ3v) is 3.64. The van der Waals surface area contributed by atoms with Crippen molar-refractivity contribution in [1.29, 1.82) is 0 Å². The number of carbonyl (C=O) groups is 5. The van der Waals surface area contributed by atoms with Crippen LogP contribution in [0.2, 0.25) is 0 Å². The predicted molar refractivity (Wildman–Crippen MR) is 85.5 cm³/mol. The zero-order valence-electron chi connectivity index (χ0n) is 13.7. The Kier molecular flexibility index (Phi) is 8.27. The maximum atomic E-state index is 11.8. The summed E-state index contributed by atoms with van der Waals surface area (Å²) in [7, 11) is 0. The molecule has 10 nitrogen and oxygen atoms in total. The van der Waals surface area contributed by atoms with Gasteiger partial charge in [-0.3, -0.25) is 29.5 Å². The summed E-state index contributed by atoms with van der Waals surface area (Å²) in [4.78, 5) is 57.7. The number of nitrogens with two attached hydrogens (primary N) is 1. The van der Waals surface area contributed by atoms with Crippen LogP contribution in [0.1, 0.15) is 38.5 Å². The highest BCUT2D eigenvalue weighted by molar-refractivity contribution is 6.12. The number of unbranched alkanes of at least 4 members (excludes halogenated alkanes) is 2. The molecule has 0 radical (unpaired) electrons. The Hall–Kier alpha value is -2.75. The van der Waals surface area contributed by atoms with E-state index >= 15 is 0 Å². The van der Waals surface area contributed by atoms with Gasteiger partial charge < -0.3 is 10.4 Å². The van der Waals surface area contributed by atoms with Crippen LogP contribution in [-0.2, 0) is 24.0 Å². The lowest BCUT2D eigenvalue weighted by atomic mass is 10.1. The molecule has 0 saturated heterocycles. The Balaban J connectivity index is 2.22. The lowest BCUT2D eigenvalue weighted by molar-refractivity contribution is -0.142. The van der Waals surface area contributed by atoms with Gasteiger partial charge in [0.05, 0.1) is 0 Å². The number of carbonyl (C=O) groups excluding carboxylic acids is 4. The van der Waals surface area contributed by atoms with Gasteiger partial charge in [-0.15, -0.1) is 0 Å². The molecule has 1 unspecified atom stereocenters. The van der Waals surface area contributed by atoms with E-state index < -0.39 is 23.8 Å². The van der Waals surface area contributed by atoms with E-state index in [1.807, 2.05) is 5.43 Å². The summed E-state index contributed by atoms with van der Waals surface area (Å²) < 4.78 is 0. The maximum Gasteiger partial charge on any atom is 0.326 e. The third kappa shape index (κ3) is 7.12. The van der Waals surface area contributed by atoms with E-state index in [-0.39, 0.29) is 37.6 Å². The molecule has 4 amide bonds. The highest BCUT2D eigenvalue weighted by Gasteiger charge is 2.23. The predicted octanol–water partition coefficient (Wildman–Crippen LogP) is -1.19. The minimum atomic E-state index is -1.23. The van der Waals surface area contributed by atoms with E-state index in [1.165, 1.54) is 12.2 Å². The van der Waals surface area contributed by atoms with Crippen molar-refractivity contribution in [1.82, 2.24) is 15.6 Å². The second-order valence-corrected chi connectivity index (χ2v) is 5.54. The quantitative estimate of drug-likeness (QED) is 0.119. The first-order chi connectivity index (χ1) is 11.8. The number of nitrogens with one attached hydrogen (secondary N) is 2. The number of hydrogen-bond donors (Lipinski definition) is 4. The summed E-state index contributed by atoms with van der Waals surface area (Å²) in [5.74, 6) is 2.06. The van der Waals surface area contributed by atoms with Crippen LogP contribution in [0.4, 0.5) is 0 Å². The zero-order chi connectivity index (χ0) is 18.8. The van der Waals surface area contributed by atoms with Gasteiger partial charge >= 0.3 is 5.97 Å². The van der Waals surface area contributed by atoms with Crippen LogP contribution in [-0.4, -0.2) is 52.2 Å². The fraction of sp³-hybridized carbons (Fsp3) is 0.533. The summed E-state index contributed by atoms with van der Waals surface area (Å²) >= 11 is 0. The van der Waals surface area contributed by atoms with Crippen molar-refractivity contribution in [3.05, 3.63) is 12.2 Å². The first-order valence-electron chi connectivity index (χ1n) is 7.90. The SMILES string of the molecule is NNC(=O)CCC(NC(=O)CCCCCN1C(=O)C=CC1=O)C(=O)O. The molecule has 25 heavy (non-hydrogen) atoms. The first-order valence-corrected chi connectivity index (χ1v) is 7.90. The Morgan fingerprint density at radius 3 is 2.24 bits per heavy atom. The number of imide groups is 1. The molecule has 1 heterocycles. The molecule has 1 aliphatic rings. The second-order valence-electron chi connectivity index (χ2n) is 5.54. The van der Waals surface area contributed by atoms with Gasteiger partial charge in [-0.2, -0.15) is 0 Å². The molecule has 0 fully saturated rings. The molecule has 0 aromatic heterocycles. The van der Waals surface area contributed by atoms with E-state index in [0.717, 1.165) is 4.90 Å². The molecule has 0 aliphatic carbocycles. The van der Waals surface area contributed by atoms with Crippen LogP contribution >= 0.6 is 0 Å². The highest BCUT2D eigenvalue weighted by atomic mass is 16.4. The molecule has 138 valence electrons. The molecule has 1 aliphatic heterocycles. The summed E-state index contributed by atoms with van der Waals surface area (Å²) in [5.41, 5.74) is 1.89. The van der Waals surface area contributed by atoms with E-state index in [9.17, 15) is 24.0 Å². The molecule has 10 heteroatoms. The molecule has 0 spiro atoms. The van der Waals surface area contributed by atoms with Crippen LogP contribution in [0, 0.1) is 0 Å². The molecule has 0 aromatic carbocycles.